The van der Waals surface area contributed by atoms with Gasteiger partial charge < -0.3 is 53.4 Å². The molecule has 0 aromatic rings. The van der Waals surface area contributed by atoms with Gasteiger partial charge in [0.1, 0.15) is 53.9 Å². The van der Waals surface area contributed by atoms with Crippen molar-refractivity contribution in [3.05, 3.63) is 0 Å². The molecule has 0 aromatic heterocycles. The summed E-state index contributed by atoms with van der Waals surface area (Å²) >= 11 is 1.58. The molecule has 0 fully saturated rings. The fraction of sp³-hybridized carbons (Fsp3) is 0.786. The fourth-order valence-electron chi connectivity index (χ4n) is 3.99. The fourth-order valence-corrected chi connectivity index (χ4v) is 4.83. The summed E-state index contributed by atoms with van der Waals surface area (Å²) in [5.41, 5.74) is 21.2. The summed E-state index contributed by atoms with van der Waals surface area (Å²) < 4.78 is 5.00. The Morgan fingerprint density at radius 3 is 1.26 bits per heavy atom. The molecule has 19 nitrogen and oxygen atoms in total. The van der Waals surface area contributed by atoms with Crippen LogP contribution in [-0.2, 0) is 47.9 Å². The second-order valence-corrected chi connectivity index (χ2v) is 14.4. The molecular formula is C42H89N5O14S. The molecule has 0 bridgehead atoms. The first-order valence-electron chi connectivity index (χ1n) is 18.8. The molecule has 20 heteroatoms. The molecule has 0 rings (SSSR count). The number of aliphatic carboxylic acids is 4. The van der Waals surface area contributed by atoms with Gasteiger partial charge in [0, 0.05) is 13.0 Å². The van der Waals surface area contributed by atoms with Gasteiger partial charge >= 0.3 is 23.9 Å². The number of ether oxygens (including phenoxy) is 1. The highest BCUT2D eigenvalue weighted by molar-refractivity contribution is 7.99. The monoisotopic (exact) mass is 920 g/mol. The van der Waals surface area contributed by atoms with E-state index in [0.717, 1.165) is 44.4 Å². The van der Waals surface area contributed by atoms with Crippen LogP contribution in [0.2, 0.25) is 0 Å². The lowest BCUT2D eigenvalue weighted by molar-refractivity contribution is -0.139. The number of hydrogen-bond donors (Lipinski definition) is 9. The van der Waals surface area contributed by atoms with E-state index in [0.29, 0.717) is 70.3 Å². The minimum atomic E-state index is -1.02. The van der Waals surface area contributed by atoms with Crippen molar-refractivity contribution < 1.29 is 68.3 Å². The summed E-state index contributed by atoms with van der Waals surface area (Å²) in [7, 11) is 0. The minimum absolute atomic E-state index is 0. The molecule has 0 radical (unpaired) electrons. The third kappa shape index (κ3) is 68.1. The van der Waals surface area contributed by atoms with Crippen LogP contribution in [-0.4, -0.2) is 135 Å². The molecule has 0 amide bonds. The molecule has 0 spiro atoms. The van der Waals surface area contributed by atoms with Gasteiger partial charge in [0.05, 0.1) is 18.7 Å². The van der Waals surface area contributed by atoms with Crippen LogP contribution in [0.1, 0.15) is 155 Å². The molecule has 0 saturated carbocycles. The summed E-state index contributed by atoms with van der Waals surface area (Å²) in [5.74, 6) is -2.41. The summed E-state index contributed by atoms with van der Waals surface area (Å²) in [6.45, 7) is 7.63. The van der Waals surface area contributed by atoms with Crippen LogP contribution in [0.25, 0.3) is 0 Å². The van der Waals surface area contributed by atoms with Gasteiger partial charge in [0.2, 0.25) is 0 Å². The summed E-state index contributed by atoms with van der Waals surface area (Å²) in [4.78, 5) is 94.5. The number of carboxylic acid groups (broad SMARTS) is 4. The predicted molar refractivity (Wildman–Crippen MR) is 249 cm³/mol. The van der Waals surface area contributed by atoms with E-state index >= 15 is 0 Å². The van der Waals surface area contributed by atoms with Crippen molar-refractivity contribution in [1.82, 2.24) is 5.32 Å². The SMILES string of the molecule is C.C.C.C.C.CC(=O)CC(=O)CCCCC(N)C(=O)O.CC(=O)CNCCCCC(N)C(=O)O.CC(=O)COCCCCC(N)C(=O)O.CC(=O)CSCCCCC(N)C(=O)O. The molecule has 0 aliphatic heterocycles. The number of rotatable bonds is 32. The first-order valence-corrected chi connectivity index (χ1v) is 20.0. The highest BCUT2D eigenvalue weighted by Crippen LogP contribution is 2.08. The Morgan fingerprint density at radius 1 is 0.516 bits per heavy atom. The minimum Gasteiger partial charge on any atom is -0.480 e. The zero-order valence-electron chi connectivity index (χ0n) is 34.0. The molecule has 0 aliphatic rings. The van der Waals surface area contributed by atoms with E-state index in [1.807, 2.05) is 0 Å². The first kappa shape index (κ1) is 78.8. The second-order valence-electron chi connectivity index (χ2n) is 13.3. The third-order valence-electron chi connectivity index (χ3n) is 7.15. The van der Waals surface area contributed by atoms with Crippen molar-refractivity contribution in [2.75, 3.05) is 37.8 Å². The van der Waals surface area contributed by atoms with Crippen LogP contribution in [0.15, 0.2) is 0 Å². The van der Waals surface area contributed by atoms with Gasteiger partial charge in [-0.15, -0.1) is 0 Å². The summed E-state index contributed by atoms with van der Waals surface area (Å²) in [6.07, 6.45) is 8.04. The Hall–Kier alpha value is -3.66. The van der Waals surface area contributed by atoms with Crippen molar-refractivity contribution >= 4 is 64.6 Å². The number of nitrogens with one attached hydrogen (secondary N) is 1. The molecule has 372 valence electrons. The van der Waals surface area contributed by atoms with E-state index in [2.05, 4.69) is 5.32 Å². The Kier molecular flexibility index (Phi) is 68.0. The Morgan fingerprint density at radius 2 is 0.903 bits per heavy atom. The van der Waals surface area contributed by atoms with Crippen LogP contribution >= 0.6 is 11.8 Å². The average Bonchev–Trinajstić information content (AvgIpc) is 3.10. The molecule has 13 N–H and O–H groups in total. The molecule has 0 aliphatic carbocycles. The number of carboxylic acids is 4. The Labute approximate surface area is 377 Å². The topological polar surface area (TPSA) is 360 Å². The maximum Gasteiger partial charge on any atom is 0.320 e. The zero-order valence-corrected chi connectivity index (χ0v) is 34.9. The third-order valence-corrected chi connectivity index (χ3v) is 8.33. The van der Waals surface area contributed by atoms with Crippen molar-refractivity contribution in [2.24, 2.45) is 22.9 Å². The quantitative estimate of drug-likeness (QED) is 0.0331. The van der Waals surface area contributed by atoms with Gasteiger partial charge in [-0.1, -0.05) is 56.4 Å². The van der Waals surface area contributed by atoms with Crippen molar-refractivity contribution in [2.45, 2.75) is 179 Å². The second kappa shape index (κ2) is 53.5. The number of carbonyl (C=O) groups is 9. The van der Waals surface area contributed by atoms with E-state index < -0.39 is 48.0 Å². The molecule has 0 saturated heterocycles. The maximum absolute atomic E-state index is 11.1. The zero-order chi connectivity index (χ0) is 44.8. The van der Waals surface area contributed by atoms with Crippen LogP contribution in [0.3, 0.4) is 0 Å². The van der Waals surface area contributed by atoms with Crippen LogP contribution in [0.5, 0.6) is 0 Å². The molecule has 62 heavy (non-hydrogen) atoms. The van der Waals surface area contributed by atoms with Crippen LogP contribution < -0.4 is 28.3 Å². The van der Waals surface area contributed by atoms with E-state index in [1.54, 1.807) is 18.7 Å². The van der Waals surface area contributed by atoms with Gasteiger partial charge in [-0.2, -0.15) is 11.8 Å². The standard InChI is InChI=1S/C10H17NO4.C9H18N2O3.C9H17NO4.C9H17NO3S.5CH4/c1-7(12)6-8(13)4-2-3-5-9(11)10(14)15;1-7(12)6-11-5-3-2-4-8(10)9(13)14;2*1-7(11)6-14-5-3-2-4-8(10)9(12)13;;;;;/h9H,2-6,11H2,1H3,(H,14,15);8,11H,2-6,10H2,1H3,(H,13,14);2*8H,2-6,10H2,1H3,(H,12,13);5*1H4. The van der Waals surface area contributed by atoms with Gasteiger partial charge in [-0.25, -0.2) is 0 Å². The molecule has 0 heterocycles. The van der Waals surface area contributed by atoms with E-state index in [4.69, 9.17) is 48.1 Å². The number of hydrogen-bond acceptors (Lipinski definition) is 16. The predicted octanol–water partition coefficient (Wildman–Crippen LogP) is 4.50. The van der Waals surface area contributed by atoms with Crippen molar-refractivity contribution in [3.63, 3.8) is 0 Å². The number of carbonyl (C=O) groups excluding carboxylic acids is 5. The van der Waals surface area contributed by atoms with Gasteiger partial charge in [0.15, 0.2) is 5.78 Å². The van der Waals surface area contributed by atoms with Gasteiger partial charge in [-0.3, -0.25) is 43.2 Å². The lowest BCUT2D eigenvalue weighted by atomic mass is 10.1. The van der Waals surface area contributed by atoms with Crippen LogP contribution in [0, 0.1) is 0 Å². The van der Waals surface area contributed by atoms with Crippen molar-refractivity contribution in [3.8, 4) is 0 Å². The number of thioether (sulfide) groups is 1. The lowest BCUT2D eigenvalue weighted by Gasteiger charge is -2.05. The number of Topliss-reactive ketones (excluding diaryl/α,β-unsaturated/α-hetero) is 5. The molecule has 4 unspecified atom stereocenters. The van der Waals surface area contributed by atoms with Crippen molar-refractivity contribution in [1.29, 1.82) is 0 Å². The summed E-state index contributed by atoms with van der Waals surface area (Å²) in [5, 5.41) is 36.8. The van der Waals surface area contributed by atoms with Gasteiger partial charge in [-0.05, 0) is 97.8 Å². The molecule has 4 atom stereocenters. The van der Waals surface area contributed by atoms with E-state index in [-0.39, 0.29) is 79.1 Å². The Balaban J connectivity index is -0.0000000841. The molecule has 0 aromatic carbocycles. The maximum atomic E-state index is 11.1. The largest absolute Gasteiger partial charge is 0.480 e. The normalized spacial score (nSPS) is 11.4. The highest BCUT2D eigenvalue weighted by Gasteiger charge is 2.13. The summed E-state index contributed by atoms with van der Waals surface area (Å²) in [6, 6.07) is -3.15. The molecular weight excluding hydrogens is 831 g/mol. The smallest absolute Gasteiger partial charge is 0.320 e. The lowest BCUT2D eigenvalue weighted by Crippen LogP contribution is -2.30. The van der Waals surface area contributed by atoms with E-state index in [1.165, 1.54) is 20.8 Å². The number of ketones is 5. The first-order chi connectivity index (χ1) is 26.5. The van der Waals surface area contributed by atoms with Crippen LogP contribution in [0.4, 0.5) is 0 Å². The van der Waals surface area contributed by atoms with E-state index in [9.17, 15) is 43.2 Å². The average molecular weight is 920 g/mol. The number of unbranched alkanes of at least 4 members (excludes halogenated alkanes) is 4. The van der Waals surface area contributed by atoms with Gasteiger partial charge in [0.25, 0.3) is 0 Å². The number of nitrogens with two attached hydrogens (primary N) is 4. The highest BCUT2D eigenvalue weighted by atomic mass is 32.2. The Bertz CT molecular complexity index is 1090.